The smallest absolute Gasteiger partial charge is 0.238 e. The Balaban J connectivity index is 2.28. The second kappa shape index (κ2) is 11.4. The van der Waals surface area contributed by atoms with E-state index in [1.165, 1.54) is 5.56 Å². The highest BCUT2D eigenvalue weighted by atomic mass is 32.2. The lowest BCUT2D eigenvalue weighted by Gasteiger charge is -2.32. The van der Waals surface area contributed by atoms with Gasteiger partial charge in [0.25, 0.3) is 0 Å². The van der Waals surface area contributed by atoms with Gasteiger partial charge in [0.15, 0.2) is 0 Å². The summed E-state index contributed by atoms with van der Waals surface area (Å²) in [5.74, 6) is -0.248. The molecule has 32 heavy (non-hydrogen) atoms. The first-order valence-corrected chi connectivity index (χ1v) is 12.3. The maximum Gasteiger partial charge on any atom is 0.238 e. The number of hydrogen-bond acceptors (Lipinski definition) is 5. The van der Waals surface area contributed by atoms with E-state index in [0.29, 0.717) is 5.92 Å². The van der Waals surface area contributed by atoms with Crippen molar-refractivity contribution < 1.29 is 12.8 Å². The van der Waals surface area contributed by atoms with Gasteiger partial charge in [0.2, 0.25) is 10.0 Å². The predicted octanol–water partition coefficient (Wildman–Crippen LogP) is 3.98. The van der Waals surface area contributed by atoms with Crippen molar-refractivity contribution in [2.45, 2.75) is 44.0 Å². The zero-order chi connectivity index (χ0) is 23.9. The number of halogens is 1. The van der Waals surface area contributed by atoms with Crippen molar-refractivity contribution >= 4 is 15.7 Å². The molecule has 0 amide bonds. The van der Waals surface area contributed by atoms with Crippen LogP contribution >= 0.6 is 0 Å². The molecule has 3 atom stereocenters. The zero-order valence-corrected chi connectivity index (χ0v) is 20.0. The Morgan fingerprint density at radius 1 is 1.16 bits per heavy atom. The fourth-order valence-electron chi connectivity index (χ4n) is 4.00. The summed E-state index contributed by atoms with van der Waals surface area (Å²) in [6.07, 6.45) is 2.77. The van der Waals surface area contributed by atoms with Crippen molar-refractivity contribution in [3.63, 3.8) is 0 Å². The van der Waals surface area contributed by atoms with Gasteiger partial charge < -0.3 is 10.2 Å². The van der Waals surface area contributed by atoms with Gasteiger partial charge in [-0.2, -0.15) is 5.26 Å². The van der Waals surface area contributed by atoms with Crippen LogP contribution in [0.25, 0.3) is 0 Å². The molecule has 2 rings (SSSR count). The number of rotatable bonds is 11. The van der Waals surface area contributed by atoms with Crippen LogP contribution in [0.3, 0.4) is 0 Å². The molecule has 0 fully saturated rings. The van der Waals surface area contributed by atoms with Gasteiger partial charge in [-0.05, 0) is 76.4 Å². The van der Waals surface area contributed by atoms with Crippen molar-refractivity contribution in [1.29, 1.82) is 5.26 Å². The average molecular weight is 461 g/mol. The molecule has 174 valence electrons. The summed E-state index contributed by atoms with van der Waals surface area (Å²) in [5, 5.41) is 17.8. The molecule has 2 aromatic carbocycles. The molecule has 0 saturated carbocycles. The lowest BCUT2D eigenvalue weighted by molar-refractivity contribution is 0.258. The van der Waals surface area contributed by atoms with Gasteiger partial charge in [0.1, 0.15) is 11.9 Å². The Morgan fingerprint density at radius 2 is 1.81 bits per heavy atom. The molecule has 0 aliphatic rings. The number of nitrogens with two attached hydrogens (primary N) is 1. The molecule has 6 nitrogen and oxygen atoms in total. The maximum absolute atomic E-state index is 14.8. The number of nitrogens with zero attached hydrogens (tertiary/aromatic N) is 2. The van der Waals surface area contributed by atoms with Crippen LogP contribution in [0.15, 0.2) is 47.4 Å². The van der Waals surface area contributed by atoms with Crippen LogP contribution in [-0.2, 0) is 16.4 Å². The lowest BCUT2D eigenvalue weighted by atomic mass is 9.81. The molecule has 2 unspecified atom stereocenters. The van der Waals surface area contributed by atoms with Gasteiger partial charge in [-0.15, -0.1) is 0 Å². The molecule has 8 heteroatoms. The summed E-state index contributed by atoms with van der Waals surface area (Å²) in [6, 6.07) is 13.9. The van der Waals surface area contributed by atoms with Crippen LogP contribution < -0.4 is 10.5 Å². The summed E-state index contributed by atoms with van der Waals surface area (Å²) in [6.45, 7) is 5.12. The van der Waals surface area contributed by atoms with Crippen LogP contribution in [0.1, 0.15) is 37.8 Å². The Labute approximate surface area is 191 Å². The van der Waals surface area contributed by atoms with E-state index in [4.69, 9.17) is 5.14 Å². The molecular formula is C24H33FN4O2S. The Morgan fingerprint density at radius 3 is 2.38 bits per heavy atom. The minimum Gasteiger partial charge on any atom is -0.379 e. The van der Waals surface area contributed by atoms with Gasteiger partial charge >= 0.3 is 0 Å². The number of sulfonamides is 1. The predicted molar refractivity (Wildman–Crippen MR) is 126 cm³/mol. The standard InChI is InChI=1S/C24H33FN4O2S/c1-17(12-13-29(3)4)22(11-10-19-8-6-5-7-9-19)18(2)28-24-20(16-26)14-21(15-23(24)25)32(27,30)31/h5-9,14-15,17-18,22,28H,10-13H2,1-4H3,(H2,27,30,31)/t17?,18?,22-/m0/s1. The van der Waals surface area contributed by atoms with E-state index in [1.54, 1.807) is 0 Å². The number of anilines is 1. The van der Waals surface area contributed by atoms with Crippen LogP contribution in [0.5, 0.6) is 0 Å². The van der Waals surface area contributed by atoms with Crippen LogP contribution in [0.2, 0.25) is 0 Å². The third-order valence-corrected chi connectivity index (χ3v) is 6.79. The molecule has 0 aliphatic carbocycles. The molecule has 0 radical (unpaired) electrons. The van der Waals surface area contributed by atoms with Gasteiger partial charge in [-0.1, -0.05) is 37.3 Å². The highest BCUT2D eigenvalue weighted by molar-refractivity contribution is 7.89. The number of hydrogen-bond donors (Lipinski definition) is 2. The van der Waals surface area contributed by atoms with Crippen LogP contribution in [0, 0.1) is 29.0 Å². The second-order valence-corrected chi connectivity index (χ2v) is 10.2. The molecule has 0 aromatic heterocycles. The monoisotopic (exact) mass is 460 g/mol. The first kappa shape index (κ1) is 25.8. The van der Waals surface area contributed by atoms with Crippen molar-refractivity contribution in [2.75, 3.05) is 26.0 Å². The highest BCUT2D eigenvalue weighted by Crippen LogP contribution is 2.30. The summed E-state index contributed by atoms with van der Waals surface area (Å²) >= 11 is 0. The van der Waals surface area contributed by atoms with E-state index in [0.717, 1.165) is 37.9 Å². The largest absolute Gasteiger partial charge is 0.379 e. The van der Waals surface area contributed by atoms with Crippen LogP contribution in [0.4, 0.5) is 10.1 Å². The highest BCUT2D eigenvalue weighted by Gasteiger charge is 2.26. The van der Waals surface area contributed by atoms with Crippen molar-refractivity contribution in [2.24, 2.45) is 17.0 Å². The minimum absolute atomic E-state index is 0.0110. The van der Waals surface area contributed by atoms with Gasteiger partial charge in [-0.3, -0.25) is 0 Å². The van der Waals surface area contributed by atoms with E-state index in [1.807, 2.05) is 45.3 Å². The normalized spacial score (nSPS) is 14.6. The Kier molecular flexibility index (Phi) is 9.20. The third kappa shape index (κ3) is 7.30. The van der Waals surface area contributed by atoms with Gasteiger partial charge in [0.05, 0.1) is 16.1 Å². The maximum atomic E-state index is 14.8. The number of nitriles is 1. The number of benzene rings is 2. The SMILES string of the molecule is CC(CCN(C)C)[C@H](CCc1ccccc1)C(C)Nc1c(F)cc(S(N)(=O)=O)cc1C#N. The zero-order valence-electron chi connectivity index (χ0n) is 19.2. The molecule has 0 spiro atoms. The average Bonchev–Trinajstić information content (AvgIpc) is 2.73. The summed E-state index contributed by atoms with van der Waals surface area (Å²) in [5.41, 5.74) is 1.17. The second-order valence-electron chi connectivity index (χ2n) is 8.67. The summed E-state index contributed by atoms with van der Waals surface area (Å²) < 4.78 is 38.0. The quantitative estimate of drug-likeness (QED) is 0.528. The van der Waals surface area contributed by atoms with Crippen molar-refractivity contribution in [1.82, 2.24) is 4.90 Å². The molecular weight excluding hydrogens is 427 g/mol. The molecule has 3 N–H and O–H groups in total. The van der Waals surface area contributed by atoms with E-state index >= 15 is 0 Å². The molecule has 2 aromatic rings. The first-order chi connectivity index (χ1) is 15.0. The minimum atomic E-state index is -4.11. The number of primary sulfonamides is 1. The van der Waals surface area contributed by atoms with Gasteiger partial charge in [0, 0.05) is 6.04 Å². The van der Waals surface area contributed by atoms with E-state index < -0.39 is 20.7 Å². The Bertz CT molecular complexity index is 1040. The number of aryl methyl sites for hydroxylation is 1. The fraction of sp³-hybridized carbons (Fsp3) is 0.458. The Hall–Kier alpha value is -2.47. The van der Waals surface area contributed by atoms with Crippen molar-refractivity contribution in [3.05, 3.63) is 59.4 Å². The van der Waals surface area contributed by atoms with Crippen molar-refractivity contribution in [3.8, 4) is 6.07 Å². The number of nitrogens with one attached hydrogen (secondary N) is 1. The fourth-order valence-corrected chi connectivity index (χ4v) is 4.55. The molecule has 0 bridgehead atoms. The van der Waals surface area contributed by atoms with E-state index in [2.05, 4.69) is 29.3 Å². The molecule has 0 aliphatic heterocycles. The van der Waals surface area contributed by atoms with Crippen LogP contribution in [-0.4, -0.2) is 40.0 Å². The molecule has 0 heterocycles. The topological polar surface area (TPSA) is 99.2 Å². The van der Waals surface area contributed by atoms with Gasteiger partial charge in [-0.25, -0.2) is 17.9 Å². The summed E-state index contributed by atoms with van der Waals surface area (Å²) in [7, 11) is -0.0378. The molecule has 0 saturated heterocycles. The first-order valence-electron chi connectivity index (χ1n) is 10.7. The summed E-state index contributed by atoms with van der Waals surface area (Å²) in [4.78, 5) is 1.73. The third-order valence-electron chi connectivity index (χ3n) is 5.90. The lowest BCUT2D eigenvalue weighted by Crippen LogP contribution is -2.33. The van der Waals surface area contributed by atoms with E-state index in [9.17, 15) is 18.1 Å². The van der Waals surface area contributed by atoms with E-state index in [-0.39, 0.29) is 23.2 Å².